The van der Waals surface area contributed by atoms with Crippen LogP contribution in [0.5, 0.6) is 11.6 Å². The topological polar surface area (TPSA) is 90.5 Å². The van der Waals surface area contributed by atoms with Gasteiger partial charge >= 0.3 is 5.69 Å². The number of para-hydroxylation sites is 1. The largest absolute Gasteiger partial charge is 0.497 e. The molecular formula is C16H14N2O5S. The summed E-state index contributed by atoms with van der Waals surface area (Å²) in [5.74, 6) is -0.349. The summed E-state index contributed by atoms with van der Waals surface area (Å²) in [6.07, 6.45) is 1.06. The van der Waals surface area contributed by atoms with Gasteiger partial charge in [0.2, 0.25) is 5.88 Å². The van der Waals surface area contributed by atoms with Crippen molar-refractivity contribution < 1.29 is 18.3 Å². The Balaban J connectivity index is 2.19. The third-order valence-electron chi connectivity index (χ3n) is 3.45. The van der Waals surface area contributed by atoms with Crippen LogP contribution in [0.1, 0.15) is 0 Å². The van der Waals surface area contributed by atoms with Crippen molar-refractivity contribution in [2.75, 3.05) is 7.11 Å². The van der Waals surface area contributed by atoms with Crippen molar-refractivity contribution in [2.24, 2.45) is 0 Å². The van der Waals surface area contributed by atoms with Crippen LogP contribution in [-0.2, 0) is 10.0 Å². The normalized spacial score (nSPS) is 11.4. The molecule has 0 amide bonds. The first-order valence-corrected chi connectivity index (χ1v) is 8.37. The number of imidazole rings is 1. The van der Waals surface area contributed by atoms with E-state index in [2.05, 4.69) is 0 Å². The first kappa shape index (κ1) is 15.9. The second-order valence-corrected chi connectivity index (χ2v) is 6.71. The molecule has 0 aliphatic rings. The highest BCUT2D eigenvalue weighted by Crippen LogP contribution is 2.22. The molecule has 2 aromatic carbocycles. The maximum atomic E-state index is 12.7. The first-order chi connectivity index (χ1) is 11.4. The summed E-state index contributed by atoms with van der Waals surface area (Å²) in [7, 11) is -2.86. The summed E-state index contributed by atoms with van der Waals surface area (Å²) >= 11 is 0. The number of hydrogen-bond acceptors (Lipinski definition) is 5. The number of aromatic hydroxyl groups is 1. The van der Waals surface area contributed by atoms with Gasteiger partial charge in [-0.2, -0.15) is 0 Å². The van der Waals surface area contributed by atoms with E-state index in [1.165, 1.54) is 25.3 Å². The number of methoxy groups -OCH3 is 1. The van der Waals surface area contributed by atoms with Crippen LogP contribution >= 0.6 is 0 Å². The van der Waals surface area contributed by atoms with E-state index in [1.54, 1.807) is 36.4 Å². The van der Waals surface area contributed by atoms with Crippen molar-refractivity contribution in [3.63, 3.8) is 0 Å². The van der Waals surface area contributed by atoms with E-state index in [-0.39, 0.29) is 4.90 Å². The molecule has 124 valence electrons. The molecule has 0 atom stereocenters. The first-order valence-electron chi connectivity index (χ1n) is 6.93. The summed E-state index contributed by atoms with van der Waals surface area (Å²) < 4.78 is 31.9. The Kier molecular flexibility index (Phi) is 3.90. The Bertz CT molecular complexity index is 1040. The van der Waals surface area contributed by atoms with Crippen LogP contribution in [0.2, 0.25) is 0 Å². The van der Waals surface area contributed by atoms with Gasteiger partial charge in [-0.15, -0.1) is 3.97 Å². The summed E-state index contributed by atoms with van der Waals surface area (Å²) in [4.78, 5) is 12.4. The van der Waals surface area contributed by atoms with Gasteiger partial charge in [-0.25, -0.2) is 13.2 Å². The van der Waals surface area contributed by atoms with E-state index < -0.39 is 21.6 Å². The van der Waals surface area contributed by atoms with Crippen molar-refractivity contribution in [3.05, 3.63) is 71.3 Å². The monoisotopic (exact) mass is 346 g/mol. The zero-order valence-electron chi connectivity index (χ0n) is 12.7. The third kappa shape index (κ3) is 2.56. The maximum Gasteiger partial charge on any atom is 0.350 e. The van der Waals surface area contributed by atoms with Crippen molar-refractivity contribution in [1.29, 1.82) is 0 Å². The zero-order chi connectivity index (χ0) is 17.3. The number of hydrogen-bond donors (Lipinski definition) is 1. The van der Waals surface area contributed by atoms with Gasteiger partial charge in [-0.05, 0) is 24.3 Å². The van der Waals surface area contributed by atoms with Crippen molar-refractivity contribution >= 4 is 10.0 Å². The van der Waals surface area contributed by atoms with Crippen LogP contribution in [0.3, 0.4) is 0 Å². The van der Waals surface area contributed by atoms with Crippen molar-refractivity contribution in [1.82, 2.24) is 8.54 Å². The number of nitrogens with zero attached hydrogens (tertiary/aromatic N) is 2. The Morgan fingerprint density at radius 1 is 1.04 bits per heavy atom. The molecule has 0 aliphatic heterocycles. The van der Waals surface area contributed by atoms with Crippen LogP contribution in [0.25, 0.3) is 5.69 Å². The van der Waals surface area contributed by atoms with Crippen LogP contribution in [0.15, 0.2) is 70.5 Å². The van der Waals surface area contributed by atoms with Crippen LogP contribution in [-0.4, -0.2) is 29.2 Å². The van der Waals surface area contributed by atoms with Gasteiger partial charge in [-0.3, -0.25) is 4.57 Å². The summed E-state index contributed by atoms with van der Waals surface area (Å²) in [6.45, 7) is 0. The lowest BCUT2D eigenvalue weighted by Gasteiger charge is -2.07. The number of aromatic nitrogens is 2. The van der Waals surface area contributed by atoms with Crippen LogP contribution < -0.4 is 10.4 Å². The maximum absolute atomic E-state index is 12.7. The number of rotatable bonds is 4. The fourth-order valence-electron chi connectivity index (χ4n) is 2.29. The van der Waals surface area contributed by atoms with Gasteiger partial charge in [0.15, 0.2) is 0 Å². The minimum Gasteiger partial charge on any atom is -0.497 e. The van der Waals surface area contributed by atoms with E-state index >= 15 is 0 Å². The molecule has 8 heteroatoms. The molecule has 0 saturated heterocycles. The van der Waals surface area contributed by atoms with Crippen molar-refractivity contribution in [2.45, 2.75) is 4.90 Å². The minimum atomic E-state index is -4.27. The smallest absolute Gasteiger partial charge is 0.350 e. The molecule has 0 saturated carbocycles. The minimum absolute atomic E-state index is 0.162. The number of ether oxygens (including phenoxy) is 1. The fraction of sp³-hybridized carbons (Fsp3) is 0.0625. The molecular weight excluding hydrogens is 332 g/mol. The Morgan fingerprint density at radius 3 is 2.42 bits per heavy atom. The Hall–Kier alpha value is -3.00. The molecule has 3 rings (SSSR count). The van der Waals surface area contributed by atoms with Gasteiger partial charge in [0.1, 0.15) is 5.75 Å². The zero-order valence-corrected chi connectivity index (χ0v) is 13.5. The lowest BCUT2D eigenvalue weighted by atomic mass is 10.3. The average Bonchev–Trinajstić information content (AvgIpc) is 2.90. The summed E-state index contributed by atoms with van der Waals surface area (Å²) in [5, 5.41) is 10.0. The molecule has 0 unspecified atom stereocenters. The standard InChI is InChI=1S/C16H14N2O5S/c1-23-13-8-5-9-14(10-13)24(21,22)18-15(19)11-17(16(18)20)12-6-3-2-4-7-12/h2-11,19H,1H3. The van der Waals surface area contributed by atoms with Crippen molar-refractivity contribution in [3.8, 4) is 17.3 Å². The highest BCUT2D eigenvalue weighted by molar-refractivity contribution is 7.90. The molecule has 0 spiro atoms. The number of benzene rings is 2. The summed E-state index contributed by atoms with van der Waals surface area (Å²) in [6, 6.07) is 14.1. The average molecular weight is 346 g/mol. The molecule has 0 bridgehead atoms. The molecule has 3 aromatic rings. The van der Waals surface area contributed by atoms with Gasteiger partial charge < -0.3 is 9.84 Å². The predicted octanol–water partition coefficient (Wildman–Crippen LogP) is 1.59. The van der Waals surface area contributed by atoms with E-state index in [0.717, 1.165) is 10.8 Å². The van der Waals surface area contributed by atoms with E-state index in [1.807, 2.05) is 0 Å². The molecule has 24 heavy (non-hydrogen) atoms. The van der Waals surface area contributed by atoms with Gasteiger partial charge in [-0.1, -0.05) is 24.3 Å². The lowest BCUT2D eigenvalue weighted by molar-refractivity contribution is 0.413. The lowest BCUT2D eigenvalue weighted by Crippen LogP contribution is -2.28. The van der Waals surface area contributed by atoms with Gasteiger partial charge in [0.25, 0.3) is 10.0 Å². The van der Waals surface area contributed by atoms with E-state index in [4.69, 9.17) is 4.74 Å². The quantitative estimate of drug-likeness (QED) is 0.775. The molecule has 0 aliphatic carbocycles. The Labute approximate surface area is 138 Å². The second kappa shape index (κ2) is 5.89. The molecule has 0 radical (unpaired) electrons. The highest BCUT2D eigenvalue weighted by atomic mass is 32.2. The molecule has 1 heterocycles. The van der Waals surface area contributed by atoms with Crippen LogP contribution in [0, 0.1) is 0 Å². The highest BCUT2D eigenvalue weighted by Gasteiger charge is 2.25. The SMILES string of the molecule is COc1cccc(S(=O)(=O)n2c(O)cn(-c3ccccc3)c2=O)c1. The van der Waals surface area contributed by atoms with Gasteiger partial charge in [0, 0.05) is 6.07 Å². The molecule has 1 aromatic heterocycles. The van der Waals surface area contributed by atoms with E-state index in [9.17, 15) is 18.3 Å². The molecule has 7 nitrogen and oxygen atoms in total. The molecule has 0 fully saturated rings. The summed E-state index contributed by atoms with van der Waals surface area (Å²) in [5.41, 5.74) is -0.445. The van der Waals surface area contributed by atoms with E-state index in [0.29, 0.717) is 15.4 Å². The van der Waals surface area contributed by atoms with Gasteiger partial charge in [0.05, 0.1) is 23.9 Å². The predicted molar refractivity (Wildman–Crippen MR) is 87.3 cm³/mol. The second-order valence-electron chi connectivity index (χ2n) is 4.92. The third-order valence-corrected chi connectivity index (χ3v) is 5.12. The fourth-order valence-corrected chi connectivity index (χ4v) is 3.60. The Morgan fingerprint density at radius 2 is 1.75 bits per heavy atom. The van der Waals surface area contributed by atoms with Crippen LogP contribution in [0.4, 0.5) is 0 Å². The molecule has 1 N–H and O–H groups in total.